The van der Waals surface area contributed by atoms with E-state index in [1.54, 1.807) is 18.2 Å². The monoisotopic (exact) mass is 436 g/mol. The van der Waals surface area contributed by atoms with Gasteiger partial charge in [0.15, 0.2) is 5.82 Å². The topological polar surface area (TPSA) is 59.1 Å². The van der Waals surface area contributed by atoms with Crippen LogP contribution in [0.1, 0.15) is 25.3 Å². The highest BCUT2D eigenvalue weighted by atomic mass is 127. The molecule has 0 radical (unpaired) electrons. The Labute approximate surface area is 143 Å². The van der Waals surface area contributed by atoms with Gasteiger partial charge in [-0.15, -0.1) is 0 Å². The average Bonchev–Trinajstić information content (AvgIpc) is 2.42. The lowest BCUT2D eigenvalue weighted by Crippen LogP contribution is -2.15. The Kier molecular flexibility index (Phi) is 5.11. The quantitative estimate of drug-likeness (QED) is 0.729. The number of nitrogens with zero attached hydrogens (tertiary/aromatic N) is 1. The predicted molar refractivity (Wildman–Crippen MR) is 93.3 cm³/mol. The zero-order valence-electron chi connectivity index (χ0n) is 11.5. The average molecular weight is 437 g/mol. The number of hydrogen-bond acceptors (Lipinski definition) is 3. The fourth-order valence-corrected chi connectivity index (χ4v) is 3.87. The lowest BCUT2D eigenvalue weighted by atomic mass is 10.0. The zero-order chi connectivity index (χ0) is 15.6. The van der Waals surface area contributed by atoms with Crippen LogP contribution >= 0.6 is 34.2 Å². The molecule has 1 aromatic carbocycles. The molecule has 0 aliphatic rings. The molecule has 112 valence electrons. The Morgan fingerprint density at radius 2 is 1.86 bits per heavy atom. The van der Waals surface area contributed by atoms with Crippen LogP contribution in [0, 0.1) is 3.57 Å². The van der Waals surface area contributed by atoms with Gasteiger partial charge < -0.3 is 0 Å². The number of pyridine rings is 1. The summed E-state index contributed by atoms with van der Waals surface area (Å²) in [5, 5.41) is 0.462. The van der Waals surface area contributed by atoms with Crippen LogP contribution in [0.4, 0.5) is 5.82 Å². The number of aromatic nitrogens is 1. The molecule has 0 fully saturated rings. The van der Waals surface area contributed by atoms with E-state index in [0.29, 0.717) is 14.5 Å². The lowest BCUT2D eigenvalue weighted by Gasteiger charge is -2.10. The van der Waals surface area contributed by atoms with Gasteiger partial charge in [0.25, 0.3) is 10.0 Å². The highest BCUT2D eigenvalue weighted by Gasteiger charge is 2.16. The highest BCUT2D eigenvalue weighted by Crippen LogP contribution is 2.23. The minimum absolute atomic E-state index is 0.208. The van der Waals surface area contributed by atoms with Crippen LogP contribution in [0.5, 0.6) is 0 Å². The Balaban J connectivity index is 2.29. The van der Waals surface area contributed by atoms with Crippen molar-refractivity contribution in [2.45, 2.75) is 24.7 Å². The molecule has 0 aliphatic heterocycles. The molecule has 0 atom stereocenters. The van der Waals surface area contributed by atoms with Crippen molar-refractivity contribution in [2.24, 2.45) is 0 Å². The van der Waals surface area contributed by atoms with Crippen LogP contribution in [-0.4, -0.2) is 13.4 Å². The lowest BCUT2D eigenvalue weighted by molar-refractivity contribution is 0.601. The number of benzene rings is 1. The maximum atomic E-state index is 12.3. The maximum Gasteiger partial charge on any atom is 0.263 e. The smallest absolute Gasteiger partial charge is 0.262 e. The Morgan fingerprint density at radius 1 is 1.24 bits per heavy atom. The van der Waals surface area contributed by atoms with E-state index in [0.717, 1.165) is 5.56 Å². The van der Waals surface area contributed by atoms with Crippen LogP contribution in [0.2, 0.25) is 5.02 Å². The van der Waals surface area contributed by atoms with E-state index in [9.17, 15) is 8.42 Å². The van der Waals surface area contributed by atoms with Crippen molar-refractivity contribution in [1.29, 1.82) is 0 Å². The van der Waals surface area contributed by atoms with E-state index in [-0.39, 0.29) is 10.7 Å². The first-order valence-electron chi connectivity index (χ1n) is 6.23. The number of rotatable bonds is 4. The van der Waals surface area contributed by atoms with Crippen molar-refractivity contribution in [2.75, 3.05) is 4.72 Å². The first kappa shape index (κ1) is 16.5. The predicted octanol–water partition coefficient (Wildman–Crippen LogP) is 4.26. The van der Waals surface area contributed by atoms with E-state index < -0.39 is 10.0 Å². The molecule has 7 heteroatoms. The standard InChI is InChI=1S/C14H14ClIN2O2S/c1-9(2)10-3-5-12(6-4-10)21(19,20)18-14-13(16)7-11(15)8-17-14/h3-9H,1-2H3,(H,17,18). The van der Waals surface area contributed by atoms with E-state index >= 15 is 0 Å². The summed E-state index contributed by atoms with van der Waals surface area (Å²) in [4.78, 5) is 4.21. The van der Waals surface area contributed by atoms with E-state index in [1.165, 1.54) is 6.20 Å². The van der Waals surface area contributed by atoms with Crippen LogP contribution in [-0.2, 0) is 10.0 Å². The van der Waals surface area contributed by atoms with E-state index in [2.05, 4.69) is 23.6 Å². The Hall–Kier alpha value is -0.860. The summed E-state index contributed by atoms with van der Waals surface area (Å²) in [6, 6.07) is 8.48. The minimum atomic E-state index is -3.65. The van der Waals surface area contributed by atoms with Gasteiger partial charge >= 0.3 is 0 Å². The number of halogens is 2. The fourth-order valence-electron chi connectivity index (χ4n) is 1.71. The third-order valence-electron chi connectivity index (χ3n) is 2.90. The first-order chi connectivity index (χ1) is 9.79. The van der Waals surface area contributed by atoms with Crippen LogP contribution in [0.25, 0.3) is 0 Å². The van der Waals surface area contributed by atoms with E-state index in [1.807, 2.05) is 34.7 Å². The van der Waals surface area contributed by atoms with Gasteiger partial charge in [0.1, 0.15) is 0 Å². The van der Waals surface area contributed by atoms with Gasteiger partial charge in [-0.2, -0.15) is 0 Å². The summed E-state index contributed by atoms with van der Waals surface area (Å²) in [7, 11) is -3.65. The fraction of sp³-hybridized carbons (Fsp3) is 0.214. The van der Waals surface area contributed by atoms with Crippen LogP contribution < -0.4 is 4.72 Å². The van der Waals surface area contributed by atoms with Crippen molar-refractivity contribution in [1.82, 2.24) is 4.98 Å². The van der Waals surface area contributed by atoms with Gasteiger partial charge in [-0.3, -0.25) is 4.72 Å². The second-order valence-corrected chi connectivity index (χ2v) is 8.09. The van der Waals surface area contributed by atoms with Gasteiger partial charge in [0.05, 0.1) is 13.5 Å². The number of sulfonamides is 1. The molecule has 0 saturated carbocycles. The first-order valence-corrected chi connectivity index (χ1v) is 9.17. The molecule has 1 heterocycles. The molecule has 1 aromatic heterocycles. The molecule has 1 N–H and O–H groups in total. The van der Waals surface area contributed by atoms with Gasteiger partial charge in [-0.25, -0.2) is 13.4 Å². The van der Waals surface area contributed by atoms with Gasteiger partial charge in [0, 0.05) is 6.20 Å². The largest absolute Gasteiger partial charge is 0.263 e. The molecule has 0 spiro atoms. The molecule has 0 amide bonds. The molecule has 2 aromatic rings. The molecule has 2 rings (SSSR count). The van der Waals surface area contributed by atoms with Crippen molar-refractivity contribution < 1.29 is 8.42 Å². The molecule has 0 unspecified atom stereocenters. The molecule has 4 nitrogen and oxygen atoms in total. The summed E-state index contributed by atoms with van der Waals surface area (Å²) in [5.74, 6) is 0.626. The molecule has 0 saturated heterocycles. The molecular weight excluding hydrogens is 423 g/mol. The van der Waals surface area contributed by atoms with Crippen LogP contribution in [0.15, 0.2) is 41.4 Å². The van der Waals surface area contributed by atoms with Gasteiger partial charge in [-0.05, 0) is 52.3 Å². The number of anilines is 1. The normalized spacial score (nSPS) is 11.7. The SMILES string of the molecule is CC(C)c1ccc(S(=O)(=O)Nc2ncc(Cl)cc2I)cc1. The van der Waals surface area contributed by atoms with Crippen LogP contribution in [0.3, 0.4) is 0 Å². The van der Waals surface area contributed by atoms with Gasteiger partial charge in [-0.1, -0.05) is 37.6 Å². The summed E-state index contributed by atoms with van der Waals surface area (Å²) in [6.07, 6.45) is 1.41. The second kappa shape index (κ2) is 6.50. The highest BCUT2D eigenvalue weighted by molar-refractivity contribution is 14.1. The number of nitrogens with one attached hydrogen (secondary N) is 1. The molecule has 21 heavy (non-hydrogen) atoms. The van der Waals surface area contributed by atoms with Crippen molar-refractivity contribution in [3.05, 3.63) is 50.7 Å². The summed E-state index contributed by atoms with van der Waals surface area (Å²) < 4.78 is 27.8. The Bertz CT molecular complexity index is 746. The summed E-state index contributed by atoms with van der Waals surface area (Å²) >= 11 is 7.79. The van der Waals surface area contributed by atoms with Crippen molar-refractivity contribution in [3.63, 3.8) is 0 Å². The molecule has 0 aliphatic carbocycles. The minimum Gasteiger partial charge on any atom is -0.262 e. The van der Waals surface area contributed by atoms with Gasteiger partial charge in [0.2, 0.25) is 0 Å². The third-order valence-corrected chi connectivity index (χ3v) is 5.28. The van der Waals surface area contributed by atoms with E-state index in [4.69, 9.17) is 11.6 Å². The summed E-state index contributed by atoms with van der Waals surface area (Å²) in [5.41, 5.74) is 1.09. The number of hydrogen-bond donors (Lipinski definition) is 1. The maximum absolute atomic E-state index is 12.3. The summed E-state index contributed by atoms with van der Waals surface area (Å²) in [6.45, 7) is 4.11. The second-order valence-electron chi connectivity index (χ2n) is 4.81. The van der Waals surface area contributed by atoms with Crippen molar-refractivity contribution in [3.8, 4) is 0 Å². The molecular formula is C14H14ClIN2O2S. The molecule has 0 bridgehead atoms. The third kappa shape index (κ3) is 4.08. The Morgan fingerprint density at radius 3 is 2.38 bits per heavy atom. The van der Waals surface area contributed by atoms with Crippen molar-refractivity contribution >= 4 is 50.0 Å². The zero-order valence-corrected chi connectivity index (χ0v) is 15.2.